The van der Waals surface area contributed by atoms with E-state index in [0.717, 1.165) is 0 Å². The zero-order chi connectivity index (χ0) is 16.1. The molecule has 1 aromatic heterocycles. The molecule has 2 amide bonds. The Bertz CT molecular complexity index is 829. The van der Waals surface area contributed by atoms with Crippen LogP contribution < -0.4 is 5.56 Å². The van der Waals surface area contributed by atoms with Crippen molar-refractivity contribution in [3.8, 4) is 0 Å². The van der Waals surface area contributed by atoms with Crippen molar-refractivity contribution >= 4 is 22.0 Å². The van der Waals surface area contributed by atoms with Gasteiger partial charge in [0.25, 0.3) is 5.56 Å². The number of carbonyl (C=O) groups is 1. The molecule has 2 aliphatic rings. The molecule has 1 aromatic rings. The lowest BCUT2D eigenvalue weighted by Gasteiger charge is -2.21. The van der Waals surface area contributed by atoms with Crippen molar-refractivity contribution in [2.75, 3.05) is 13.1 Å². The van der Waals surface area contributed by atoms with Gasteiger partial charge >= 0.3 is 16.4 Å². The van der Waals surface area contributed by atoms with Crippen molar-refractivity contribution in [2.45, 2.75) is 6.04 Å². The fourth-order valence-electron chi connectivity index (χ4n) is 2.42. The zero-order valence-electron chi connectivity index (χ0n) is 11.4. The van der Waals surface area contributed by atoms with Gasteiger partial charge < -0.3 is 4.90 Å². The quantitative estimate of drug-likeness (QED) is 0.707. The second kappa shape index (κ2) is 4.90. The summed E-state index contributed by atoms with van der Waals surface area (Å²) < 4.78 is 35.8. The smallest absolute Gasteiger partial charge is 0.316 e. The number of fused-ring (bicyclic) bond motifs is 2. The number of hydroxylamine groups is 2. The number of hydrogen-bond acceptors (Lipinski definition) is 6. The summed E-state index contributed by atoms with van der Waals surface area (Å²) in [6, 6.07) is 0.0244. The highest BCUT2D eigenvalue weighted by Gasteiger charge is 2.43. The molecule has 1 N–H and O–H groups in total. The molecule has 0 aliphatic carbocycles. The Morgan fingerprint density at radius 3 is 2.77 bits per heavy atom. The van der Waals surface area contributed by atoms with Gasteiger partial charge in [-0.2, -0.15) is 18.6 Å². The van der Waals surface area contributed by atoms with Gasteiger partial charge in [-0.1, -0.05) is 6.08 Å². The van der Waals surface area contributed by atoms with E-state index in [9.17, 15) is 18.0 Å². The minimum atomic E-state index is -4.79. The molecule has 22 heavy (non-hydrogen) atoms. The highest BCUT2D eigenvalue weighted by atomic mass is 32.3. The van der Waals surface area contributed by atoms with Crippen LogP contribution in [0.25, 0.3) is 5.57 Å². The van der Waals surface area contributed by atoms with Gasteiger partial charge in [-0.25, -0.2) is 9.48 Å². The number of urea groups is 1. The molecule has 10 nitrogen and oxygen atoms in total. The van der Waals surface area contributed by atoms with Crippen molar-refractivity contribution in [1.29, 1.82) is 0 Å². The topological polar surface area (TPSA) is 122 Å². The molecule has 3 heterocycles. The average Bonchev–Trinajstić information content (AvgIpc) is 2.64. The molecule has 3 rings (SSSR count). The number of aryl methyl sites for hydroxylation is 1. The third kappa shape index (κ3) is 2.61. The van der Waals surface area contributed by atoms with Gasteiger partial charge in [0.2, 0.25) is 0 Å². The summed E-state index contributed by atoms with van der Waals surface area (Å²) in [5.74, 6) is 0. The number of amides is 2. The van der Waals surface area contributed by atoms with Gasteiger partial charge in [-0.15, -0.1) is 4.28 Å². The van der Waals surface area contributed by atoms with Crippen LogP contribution in [0.4, 0.5) is 4.79 Å². The van der Waals surface area contributed by atoms with E-state index in [4.69, 9.17) is 4.55 Å². The lowest BCUT2D eigenvalue weighted by molar-refractivity contribution is -0.0183. The number of nitrogens with zero attached hydrogens (tertiary/aromatic N) is 4. The molecule has 0 radical (unpaired) electrons. The largest absolute Gasteiger partial charge is 0.418 e. The fourth-order valence-corrected chi connectivity index (χ4v) is 2.80. The SMILES string of the molecule is Cn1ncc(C2=CC3CN(C2)C(=O)N3OS(=O)(=O)O)cc1=O. The first-order valence-corrected chi connectivity index (χ1v) is 7.61. The standard InChI is InChI=1S/C11H12N4O6S/c1-13-10(16)3-7(4-12-13)8-2-9-6-14(5-8)11(17)15(9)21-22(18,19)20/h2-4,9H,5-6H2,1H3,(H,18,19,20). The highest BCUT2D eigenvalue weighted by Crippen LogP contribution is 2.29. The third-order valence-electron chi connectivity index (χ3n) is 3.44. The first-order chi connectivity index (χ1) is 10.2. The summed E-state index contributed by atoms with van der Waals surface area (Å²) in [6.07, 6.45) is 3.10. The maximum absolute atomic E-state index is 12.0. The molecular formula is C11H12N4O6S. The van der Waals surface area contributed by atoms with E-state index in [-0.39, 0.29) is 18.6 Å². The highest BCUT2D eigenvalue weighted by molar-refractivity contribution is 7.80. The summed E-state index contributed by atoms with van der Waals surface area (Å²) in [5.41, 5.74) is 0.888. The van der Waals surface area contributed by atoms with Crippen LogP contribution in [0.3, 0.4) is 0 Å². The van der Waals surface area contributed by atoms with Crippen molar-refractivity contribution in [3.63, 3.8) is 0 Å². The van der Waals surface area contributed by atoms with Crippen molar-refractivity contribution in [3.05, 3.63) is 34.3 Å². The van der Waals surface area contributed by atoms with Gasteiger partial charge in [0, 0.05) is 31.8 Å². The molecule has 118 valence electrons. The summed E-state index contributed by atoms with van der Waals surface area (Å²) in [6.45, 7) is 0.422. The molecule has 0 saturated carbocycles. The second-order valence-electron chi connectivity index (χ2n) is 4.96. The molecule has 1 atom stereocenters. The normalized spacial score (nSPS) is 21.3. The van der Waals surface area contributed by atoms with E-state index in [2.05, 4.69) is 9.38 Å². The van der Waals surface area contributed by atoms with Gasteiger partial charge in [0.15, 0.2) is 0 Å². The molecule has 1 fully saturated rings. The number of aromatic nitrogens is 2. The van der Waals surface area contributed by atoms with Crippen LogP contribution >= 0.6 is 0 Å². The van der Waals surface area contributed by atoms with E-state index >= 15 is 0 Å². The Morgan fingerprint density at radius 2 is 2.14 bits per heavy atom. The lowest BCUT2D eigenvalue weighted by atomic mass is 10.0. The van der Waals surface area contributed by atoms with Crippen LogP contribution in [0.5, 0.6) is 0 Å². The first kappa shape index (κ1) is 14.7. The number of rotatable bonds is 3. The van der Waals surface area contributed by atoms with Crippen molar-refractivity contribution < 1.29 is 22.0 Å². The van der Waals surface area contributed by atoms with E-state index in [1.165, 1.54) is 28.9 Å². The predicted molar refractivity (Wildman–Crippen MR) is 72.7 cm³/mol. The predicted octanol–water partition coefficient (Wildman–Crippen LogP) is -0.982. The monoisotopic (exact) mass is 328 g/mol. The molecule has 0 spiro atoms. The minimum Gasteiger partial charge on any atom is -0.316 e. The Hall–Kier alpha value is -2.24. The molecule has 2 aliphatic heterocycles. The van der Waals surface area contributed by atoms with Crippen LogP contribution in [-0.2, 0) is 21.7 Å². The summed E-state index contributed by atoms with van der Waals surface area (Å²) >= 11 is 0. The molecular weight excluding hydrogens is 316 g/mol. The molecule has 11 heteroatoms. The zero-order valence-corrected chi connectivity index (χ0v) is 12.2. The Kier molecular flexibility index (Phi) is 3.27. The number of hydrogen-bond donors (Lipinski definition) is 1. The Labute approximate surface area is 125 Å². The summed E-state index contributed by atoms with van der Waals surface area (Å²) in [4.78, 5) is 25.0. The summed E-state index contributed by atoms with van der Waals surface area (Å²) in [5, 5.41) is 4.50. The second-order valence-corrected chi connectivity index (χ2v) is 5.96. The lowest BCUT2D eigenvalue weighted by Crippen LogP contribution is -2.35. The van der Waals surface area contributed by atoms with Crippen LogP contribution in [0.1, 0.15) is 5.56 Å². The van der Waals surface area contributed by atoms with Crippen LogP contribution in [0.15, 0.2) is 23.1 Å². The van der Waals surface area contributed by atoms with Crippen molar-refractivity contribution in [1.82, 2.24) is 19.7 Å². The van der Waals surface area contributed by atoms with E-state index in [0.29, 0.717) is 16.2 Å². The van der Waals surface area contributed by atoms with Crippen molar-refractivity contribution in [2.24, 2.45) is 7.05 Å². The van der Waals surface area contributed by atoms with E-state index < -0.39 is 22.5 Å². The average molecular weight is 328 g/mol. The molecule has 1 saturated heterocycles. The minimum absolute atomic E-state index is 0.190. The molecule has 0 aromatic carbocycles. The Balaban J connectivity index is 1.94. The fraction of sp³-hybridized carbons (Fsp3) is 0.364. The number of carbonyl (C=O) groups excluding carboxylic acids is 1. The van der Waals surface area contributed by atoms with Gasteiger partial charge in [-0.05, 0) is 5.57 Å². The molecule has 2 bridgehead atoms. The van der Waals surface area contributed by atoms with Gasteiger partial charge in [-0.3, -0.25) is 9.35 Å². The maximum Gasteiger partial charge on any atom is 0.418 e. The van der Waals surface area contributed by atoms with E-state index in [1.54, 1.807) is 6.08 Å². The third-order valence-corrected chi connectivity index (χ3v) is 3.78. The Morgan fingerprint density at radius 1 is 1.41 bits per heavy atom. The van der Waals surface area contributed by atoms with Gasteiger partial charge in [0.05, 0.1) is 12.2 Å². The van der Waals surface area contributed by atoms with Gasteiger partial charge in [0.1, 0.15) is 0 Å². The first-order valence-electron chi connectivity index (χ1n) is 6.24. The summed E-state index contributed by atoms with van der Waals surface area (Å²) in [7, 11) is -3.28. The van der Waals surface area contributed by atoms with Crippen LogP contribution in [-0.4, -0.2) is 57.9 Å². The van der Waals surface area contributed by atoms with E-state index in [1.807, 2.05) is 0 Å². The van der Waals surface area contributed by atoms with Crippen LogP contribution in [0.2, 0.25) is 0 Å². The van der Waals surface area contributed by atoms with Crippen LogP contribution in [0, 0.1) is 0 Å². The maximum atomic E-state index is 12.0. The molecule has 1 unspecified atom stereocenters.